The third-order valence-corrected chi connectivity index (χ3v) is 6.39. The number of benzene rings is 2. The molecule has 0 fully saturated rings. The molecule has 12 nitrogen and oxygen atoms in total. The number of nitrogens with one attached hydrogen (secondary N) is 3. The molecule has 0 radical (unpaired) electrons. The van der Waals surface area contributed by atoms with Crippen molar-refractivity contribution < 1.29 is 19.4 Å². The number of nitrogens with zero attached hydrogens (tertiary/aromatic N) is 4. The van der Waals surface area contributed by atoms with Crippen molar-refractivity contribution in [3.8, 4) is 28.8 Å². The van der Waals surface area contributed by atoms with Crippen LogP contribution in [0.25, 0.3) is 16.9 Å². The number of halogens is 2. The Morgan fingerprint density at radius 2 is 1.82 bits per heavy atom. The van der Waals surface area contributed by atoms with E-state index in [1.165, 1.54) is 33.6 Å². The lowest BCUT2D eigenvalue weighted by Crippen LogP contribution is -2.21. The number of urea groups is 1. The van der Waals surface area contributed by atoms with Gasteiger partial charge in [0.15, 0.2) is 11.4 Å². The molecule has 0 saturated heterocycles. The van der Waals surface area contributed by atoms with E-state index in [1.54, 1.807) is 44.5 Å². The smallest absolute Gasteiger partial charge is 0.327 e. The molecule has 0 atom stereocenters. The zero-order valence-electron chi connectivity index (χ0n) is 19.8. The number of methoxy groups -OCH3 is 1. The van der Waals surface area contributed by atoms with Crippen LogP contribution in [0.1, 0.15) is 0 Å². The lowest BCUT2D eigenvalue weighted by atomic mass is 10.3. The standard InChI is InChI=1S/C24H19Cl2N7O5/c1-32-21-16(9-10-27-22(21)30-24(32)36)38-15-8-7-14(19(25)20(15)26)28-23(35)29-17-11-18(34)31-33(17)12-3-5-13(37-2)6-4-12/h3-11H,1-2H3,(H,31,34)(H,27,30,36)(H2,28,29,35). The maximum atomic E-state index is 12.8. The summed E-state index contributed by atoms with van der Waals surface area (Å²) in [5.41, 5.74) is 1.24. The summed E-state index contributed by atoms with van der Waals surface area (Å²) in [5, 5.41) is 19.2. The van der Waals surface area contributed by atoms with Gasteiger partial charge in [-0.05, 0) is 36.4 Å². The summed E-state index contributed by atoms with van der Waals surface area (Å²) in [5.74, 6) is 1.09. The van der Waals surface area contributed by atoms with Gasteiger partial charge in [-0.2, -0.15) is 0 Å². The molecule has 0 aliphatic carbocycles. The molecule has 5 aromatic rings. The summed E-state index contributed by atoms with van der Waals surface area (Å²) in [7, 11) is 3.13. The number of anilines is 2. The minimum Gasteiger partial charge on any atom is -0.497 e. The van der Waals surface area contributed by atoms with Gasteiger partial charge < -0.3 is 19.9 Å². The van der Waals surface area contributed by atoms with Crippen molar-refractivity contribution in [3.63, 3.8) is 0 Å². The fraction of sp³-hybridized carbons (Fsp3) is 0.0833. The van der Waals surface area contributed by atoms with Gasteiger partial charge in [-0.15, -0.1) is 5.10 Å². The fourth-order valence-corrected chi connectivity index (χ4v) is 4.10. The van der Waals surface area contributed by atoms with Crippen LogP contribution in [0.3, 0.4) is 0 Å². The third-order valence-electron chi connectivity index (χ3n) is 5.52. The maximum Gasteiger partial charge on any atom is 0.327 e. The maximum absolute atomic E-state index is 12.8. The van der Waals surface area contributed by atoms with Gasteiger partial charge in [-0.1, -0.05) is 23.2 Å². The minimum atomic E-state index is -0.663. The summed E-state index contributed by atoms with van der Waals surface area (Å²) in [6, 6.07) is 12.1. The topological polar surface area (TPSA) is 148 Å². The first-order chi connectivity index (χ1) is 18.2. The van der Waals surface area contributed by atoms with E-state index in [1.807, 2.05) is 0 Å². The van der Waals surface area contributed by atoms with Crippen LogP contribution >= 0.6 is 23.2 Å². The quantitative estimate of drug-likeness (QED) is 0.232. The summed E-state index contributed by atoms with van der Waals surface area (Å²) >= 11 is 12.9. The molecular formula is C24H19Cl2N7O5. The van der Waals surface area contributed by atoms with Crippen molar-refractivity contribution in [1.82, 2.24) is 24.3 Å². The van der Waals surface area contributed by atoms with E-state index in [9.17, 15) is 14.7 Å². The molecule has 0 saturated carbocycles. The number of aryl methyl sites for hydroxylation is 1. The van der Waals surface area contributed by atoms with Gasteiger partial charge in [0.1, 0.15) is 27.9 Å². The molecule has 38 heavy (non-hydrogen) atoms. The molecular weight excluding hydrogens is 537 g/mol. The Hall–Kier alpha value is -4.68. The van der Waals surface area contributed by atoms with E-state index < -0.39 is 6.03 Å². The molecule has 0 aliphatic rings. The van der Waals surface area contributed by atoms with Crippen molar-refractivity contribution in [1.29, 1.82) is 0 Å². The molecule has 14 heteroatoms. The number of ether oxygens (including phenoxy) is 2. The Kier molecular flexibility index (Phi) is 6.57. The molecule has 3 aromatic heterocycles. The van der Waals surface area contributed by atoms with Crippen molar-refractivity contribution in [2.45, 2.75) is 0 Å². The number of carbonyl (C=O) groups is 1. The van der Waals surface area contributed by atoms with Crippen molar-refractivity contribution >= 4 is 51.9 Å². The number of aromatic amines is 1. The average Bonchev–Trinajstić information content (AvgIpc) is 3.42. The lowest BCUT2D eigenvalue weighted by molar-refractivity contribution is 0.262. The van der Waals surface area contributed by atoms with Gasteiger partial charge in [0, 0.05) is 25.4 Å². The number of aromatic hydroxyl groups is 1. The van der Waals surface area contributed by atoms with Gasteiger partial charge in [0.05, 0.1) is 23.5 Å². The summed E-state index contributed by atoms with van der Waals surface area (Å²) in [6.45, 7) is 0. The predicted octanol–water partition coefficient (Wildman–Crippen LogP) is 4.90. The molecule has 0 aliphatic heterocycles. The van der Waals surface area contributed by atoms with E-state index in [4.69, 9.17) is 32.7 Å². The number of amides is 2. The zero-order valence-corrected chi connectivity index (χ0v) is 21.3. The van der Waals surface area contributed by atoms with Gasteiger partial charge in [-0.3, -0.25) is 14.9 Å². The third kappa shape index (κ3) is 4.69. The van der Waals surface area contributed by atoms with Crippen LogP contribution in [0.2, 0.25) is 10.0 Å². The monoisotopic (exact) mass is 555 g/mol. The fourth-order valence-electron chi connectivity index (χ4n) is 3.69. The molecule has 3 heterocycles. The molecule has 0 bridgehead atoms. The normalized spacial score (nSPS) is 10.9. The van der Waals surface area contributed by atoms with Crippen molar-refractivity contribution in [2.24, 2.45) is 7.05 Å². The number of hydrogen-bond donors (Lipinski definition) is 4. The highest BCUT2D eigenvalue weighted by Crippen LogP contribution is 2.40. The summed E-state index contributed by atoms with van der Waals surface area (Å²) in [4.78, 5) is 31.5. The van der Waals surface area contributed by atoms with Gasteiger partial charge >= 0.3 is 11.7 Å². The summed E-state index contributed by atoms with van der Waals surface area (Å²) in [6.07, 6.45) is 1.48. The Morgan fingerprint density at radius 1 is 1.05 bits per heavy atom. The van der Waals surface area contributed by atoms with Crippen LogP contribution < -0.4 is 25.8 Å². The minimum absolute atomic E-state index is 0.0269. The first-order valence-electron chi connectivity index (χ1n) is 11.0. The average molecular weight is 556 g/mol. The number of rotatable bonds is 6. The van der Waals surface area contributed by atoms with E-state index in [2.05, 4.69) is 25.7 Å². The second kappa shape index (κ2) is 10.00. The highest BCUT2D eigenvalue weighted by Gasteiger charge is 2.18. The molecule has 0 spiro atoms. The van der Waals surface area contributed by atoms with E-state index in [0.29, 0.717) is 28.4 Å². The number of H-pyrrole nitrogens is 1. The number of aromatic nitrogens is 5. The van der Waals surface area contributed by atoms with E-state index in [-0.39, 0.29) is 38.9 Å². The zero-order chi connectivity index (χ0) is 27.0. The SMILES string of the molecule is COc1ccc(-n2nc(O)cc2NC(=O)Nc2ccc(Oc3ccnc4[nH]c(=O)n(C)c34)c(Cl)c2Cl)cc1. The first kappa shape index (κ1) is 25.0. The lowest BCUT2D eigenvalue weighted by Gasteiger charge is -2.14. The van der Waals surface area contributed by atoms with Gasteiger partial charge in [0.25, 0.3) is 0 Å². The largest absolute Gasteiger partial charge is 0.497 e. The van der Waals surface area contributed by atoms with Crippen LogP contribution in [0.5, 0.6) is 23.1 Å². The van der Waals surface area contributed by atoms with Crippen LogP contribution in [-0.2, 0) is 7.05 Å². The molecule has 4 N–H and O–H groups in total. The number of carbonyl (C=O) groups excluding carboxylic acids is 1. The van der Waals surface area contributed by atoms with Crippen LogP contribution in [0, 0.1) is 0 Å². The van der Waals surface area contributed by atoms with Crippen molar-refractivity contribution in [3.05, 3.63) is 75.3 Å². The number of hydrogen-bond acceptors (Lipinski definition) is 7. The van der Waals surface area contributed by atoms with Crippen LogP contribution in [-0.4, -0.2) is 42.6 Å². The van der Waals surface area contributed by atoms with Crippen molar-refractivity contribution in [2.75, 3.05) is 17.7 Å². The van der Waals surface area contributed by atoms with E-state index in [0.717, 1.165) is 0 Å². The predicted molar refractivity (Wildman–Crippen MR) is 142 cm³/mol. The van der Waals surface area contributed by atoms with E-state index >= 15 is 0 Å². The second-order valence-electron chi connectivity index (χ2n) is 7.91. The Morgan fingerprint density at radius 3 is 2.55 bits per heavy atom. The van der Waals surface area contributed by atoms with Gasteiger partial charge in [-0.25, -0.2) is 19.3 Å². The highest BCUT2D eigenvalue weighted by molar-refractivity contribution is 6.45. The molecule has 194 valence electrons. The van der Waals surface area contributed by atoms with Crippen LogP contribution in [0.4, 0.5) is 16.3 Å². The number of pyridine rings is 1. The second-order valence-corrected chi connectivity index (χ2v) is 8.67. The first-order valence-corrected chi connectivity index (χ1v) is 11.7. The van der Waals surface area contributed by atoms with Crippen LogP contribution in [0.15, 0.2) is 59.5 Å². The van der Waals surface area contributed by atoms with Gasteiger partial charge in [0.2, 0.25) is 5.88 Å². The Balaban J connectivity index is 1.35. The molecule has 2 aromatic carbocycles. The summed E-state index contributed by atoms with van der Waals surface area (Å²) < 4.78 is 13.8. The molecule has 2 amide bonds. The highest BCUT2D eigenvalue weighted by atomic mass is 35.5. The Labute approximate surface area is 224 Å². The molecule has 0 unspecified atom stereocenters. The number of fused-ring (bicyclic) bond motifs is 1. The number of imidazole rings is 1. The Bertz CT molecular complexity index is 1730. The molecule has 5 rings (SSSR count).